The molecule has 1 aliphatic carbocycles. The summed E-state index contributed by atoms with van der Waals surface area (Å²) in [6.07, 6.45) is 8.45. The molecule has 3 rings (SSSR count). The van der Waals surface area contributed by atoms with Crippen LogP contribution in [0.3, 0.4) is 0 Å². The number of aromatic nitrogens is 1. The molecule has 0 aliphatic heterocycles. The van der Waals surface area contributed by atoms with Crippen LogP contribution in [0.4, 0.5) is 5.69 Å². The molecule has 0 saturated heterocycles. The third kappa shape index (κ3) is 4.09. The van der Waals surface area contributed by atoms with Crippen LogP contribution in [0.2, 0.25) is 0 Å². The van der Waals surface area contributed by atoms with Crippen LogP contribution in [0.15, 0.2) is 36.7 Å². The molecule has 120 valence electrons. The fourth-order valence-corrected chi connectivity index (χ4v) is 3.18. The van der Waals surface area contributed by atoms with Crippen LogP contribution in [-0.2, 0) is 0 Å². The number of aliphatic hydroxyl groups is 1. The van der Waals surface area contributed by atoms with E-state index in [2.05, 4.69) is 39.9 Å². The number of anilines is 1. The Labute approximate surface area is 137 Å². The molecule has 4 nitrogen and oxygen atoms in total. The summed E-state index contributed by atoms with van der Waals surface area (Å²) in [5.74, 6) is 0. The molecular formula is C17H24ClN3O. The van der Waals surface area contributed by atoms with Crippen molar-refractivity contribution in [3.8, 4) is 0 Å². The molecule has 5 heteroatoms. The highest BCUT2D eigenvalue weighted by molar-refractivity contribution is 5.93. The first-order valence-corrected chi connectivity index (χ1v) is 7.80. The Morgan fingerprint density at radius 2 is 1.86 bits per heavy atom. The average molecular weight is 322 g/mol. The largest absolute Gasteiger partial charge is 0.395 e. The number of pyridine rings is 1. The quantitative estimate of drug-likeness (QED) is 0.792. The van der Waals surface area contributed by atoms with E-state index in [0.29, 0.717) is 18.6 Å². The van der Waals surface area contributed by atoms with Crippen molar-refractivity contribution in [3.05, 3.63) is 36.7 Å². The first kappa shape index (κ1) is 17.0. The lowest BCUT2D eigenvalue weighted by atomic mass is 9.91. The average Bonchev–Trinajstić information content (AvgIpc) is 2.55. The lowest BCUT2D eigenvalue weighted by Crippen LogP contribution is -2.38. The van der Waals surface area contributed by atoms with Crippen molar-refractivity contribution in [2.45, 2.75) is 37.8 Å². The summed E-state index contributed by atoms with van der Waals surface area (Å²) in [5.41, 5.74) is 1.21. The molecule has 0 bridgehead atoms. The van der Waals surface area contributed by atoms with Crippen LogP contribution in [-0.4, -0.2) is 35.3 Å². The van der Waals surface area contributed by atoms with Crippen molar-refractivity contribution in [1.29, 1.82) is 0 Å². The Morgan fingerprint density at radius 3 is 2.64 bits per heavy atom. The minimum Gasteiger partial charge on any atom is -0.395 e. The van der Waals surface area contributed by atoms with E-state index in [1.54, 1.807) is 0 Å². The van der Waals surface area contributed by atoms with Gasteiger partial charge < -0.3 is 15.7 Å². The van der Waals surface area contributed by atoms with Gasteiger partial charge in [-0.3, -0.25) is 4.98 Å². The number of nitrogens with one attached hydrogen (secondary N) is 2. The summed E-state index contributed by atoms with van der Waals surface area (Å²) in [6, 6.07) is 9.51. The maximum atomic E-state index is 8.86. The van der Waals surface area contributed by atoms with E-state index in [1.807, 2.05) is 12.4 Å². The Bertz CT molecular complexity index is 580. The summed E-state index contributed by atoms with van der Waals surface area (Å²) < 4.78 is 0. The molecule has 1 aliphatic rings. The maximum absolute atomic E-state index is 8.86. The van der Waals surface area contributed by atoms with E-state index in [1.165, 1.54) is 42.1 Å². The highest BCUT2D eigenvalue weighted by Crippen LogP contribution is 2.27. The lowest BCUT2D eigenvalue weighted by Gasteiger charge is -2.30. The highest BCUT2D eigenvalue weighted by atomic mass is 35.5. The fraction of sp³-hybridized carbons (Fsp3) is 0.471. The van der Waals surface area contributed by atoms with E-state index in [4.69, 9.17) is 5.11 Å². The molecule has 0 amide bonds. The van der Waals surface area contributed by atoms with Crippen LogP contribution >= 0.6 is 12.4 Å². The molecule has 2 aromatic rings. The lowest BCUT2D eigenvalue weighted by molar-refractivity contribution is 0.269. The second kappa shape index (κ2) is 8.32. The molecule has 3 N–H and O–H groups in total. The fourth-order valence-electron chi connectivity index (χ4n) is 3.18. The zero-order valence-corrected chi connectivity index (χ0v) is 13.5. The van der Waals surface area contributed by atoms with Crippen molar-refractivity contribution in [1.82, 2.24) is 10.3 Å². The number of hydrogen-bond donors (Lipinski definition) is 3. The van der Waals surface area contributed by atoms with Gasteiger partial charge in [-0.2, -0.15) is 0 Å². The van der Waals surface area contributed by atoms with Gasteiger partial charge in [-0.25, -0.2) is 0 Å². The third-order valence-corrected chi connectivity index (χ3v) is 4.31. The topological polar surface area (TPSA) is 57.2 Å². The number of hydrogen-bond acceptors (Lipinski definition) is 4. The zero-order chi connectivity index (χ0) is 14.5. The standard InChI is InChI=1S/C17H23N3O.ClH/c21-11-10-19-14-4-6-15(7-5-14)20-17-3-1-2-13-12-18-9-8-16(13)17;/h1-3,8-9,12,14-15,19-21H,4-7,10-11H2;1H. The summed E-state index contributed by atoms with van der Waals surface area (Å²) in [6.45, 7) is 0.932. The van der Waals surface area contributed by atoms with Crippen molar-refractivity contribution in [2.75, 3.05) is 18.5 Å². The summed E-state index contributed by atoms with van der Waals surface area (Å²) in [5, 5.41) is 18.4. The Morgan fingerprint density at radius 1 is 1.09 bits per heavy atom. The van der Waals surface area contributed by atoms with Gasteiger partial charge in [0.05, 0.1) is 6.61 Å². The number of halogens is 1. The number of benzene rings is 1. The van der Waals surface area contributed by atoms with E-state index in [0.717, 1.165) is 0 Å². The van der Waals surface area contributed by atoms with E-state index in [-0.39, 0.29) is 19.0 Å². The highest BCUT2D eigenvalue weighted by Gasteiger charge is 2.20. The number of aliphatic hydroxyl groups excluding tert-OH is 1. The Hall–Kier alpha value is -1.36. The minimum atomic E-state index is 0. The monoisotopic (exact) mass is 321 g/mol. The summed E-state index contributed by atoms with van der Waals surface area (Å²) in [7, 11) is 0. The molecule has 22 heavy (non-hydrogen) atoms. The van der Waals surface area contributed by atoms with Gasteiger partial charge in [-0.15, -0.1) is 12.4 Å². The first-order chi connectivity index (χ1) is 10.4. The van der Waals surface area contributed by atoms with Gasteiger partial charge in [-0.1, -0.05) is 12.1 Å². The van der Waals surface area contributed by atoms with Gasteiger partial charge in [0.15, 0.2) is 0 Å². The summed E-state index contributed by atoms with van der Waals surface area (Å²) in [4.78, 5) is 4.18. The minimum absolute atomic E-state index is 0. The van der Waals surface area contributed by atoms with Gasteiger partial charge in [0.2, 0.25) is 0 Å². The van der Waals surface area contributed by atoms with Crippen molar-refractivity contribution >= 4 is 28.9 Å². The van der Waals surface area contributed by atoms with Gasteiger partial charge in [0.25, 0.3) is 0 Å². The third-order valence-electron chi connectivity index (χ3n) is 4.31. The van der Waals surface area contributed by atoms with Crippen LogP contribution in [0, 0.1) is 0 Å². The molecule has 0 radical (unpaired) electrons. The number of nitrogens with zero attached hydrogens (tertiary/aromatic N) is 1. The van der Waals surface area contributed by atoms with Crippen molar-refractivity contribution < 1.29 is 5.11 Å². The molecule has 1 aromatic heterocycles. The second-order valence-corrected chi connectivity index (χ2v) is 5.77. The molecule has 0 unspecified atom stereocenters. The van der Waals surface area contributed by atoms with Crippen LogP contribution in [0.25, 0.3) is 10.8 Å². The van der Waals surface area contributed by atoms with E-state index >= 15 is 0 Å². The van der Waals surface area contributed by atoms with Gasteiger partial charge >= 0.3 is 0 Å². The smallest absolute Gasteiger partial charge is 0.0556 e. The van der Waals surface area contributed by atoms with E-state index < -0.39 is 0 Å². The molecule has 1 aromatic carbocycles. The normalized spacial score (nSPS) is 21.3. The maximum Gasteiger partial charge on any atom is 0.0556 e. The van der Waals surface area contributed by atoms with E-state index in [9.17, 15) is 0 Å². The van der Waals surface area contributed by atoms with Gasteiger partial charge in [0.1, 0.15) is 0 Å². The molecule has 0 atom stereocenters. The first-order valence-electron chi connectivity index (χ1n) is 7.80. The van der Waals surface area contributed by atoms with Crippen LogP contribution < -0.4 is 10.6 Å². The Kier molecular flexibility index (Phi) is 6.43. The molecule has 1 fully saturated rings. The molecule has 1 saturated carbocycles. The number of fused-ring (bicyclic) bond motifs is 1. The van der Waals surface area contributed by atoms with Gasteiger partial charge in [-0.05, 0) is 37.8 Å². The predicted molar refractivity (Wildman–Crippen MR) is 93.7 cm³/mol. The predicted octanol–water partition coefficient (Wildman–Crippen LogP) is 2.96. The molecule has 0 spiro atoms. The van der Waals surface area contributed by atoms with Gasteiger partial charge in [0, 0.05) is 47.5 Å². The number of rotatable bonds is 5. The Balaban J connectivity index is 0.00000176. The van der Waals surface area contributed by atoms with Crippen LogP contribution in [0.1, 0.15) is 25.7 Å². The van der Waals surface area contributed by atoms with Crippen molar-refractivity contribution in [2.24, 2.45) is 0 Å². The van der Waals surface area contributed by atoms with Crippen LogP contribution in [0.5, 0.6) is 0 Å². The second-order valence-electron chi connectivity index (χ2n) is 5.77. The molecule has 1 heterocycles. The van der Waals surface area contributed by atoms with Crippen molar-refractivity contribution in [3.63, 3.8) is 0 Å². The zero-order valence-electron chi connectivity index (χ0n) is 12.7. The summed E-state index contributed by atoms with van der Waals surface area (Å²) >= 11 is 0. The molecular weight excluding hydrogens is 298 g/mol. The SMILES string of the molecule is Cl.OCCNC1CCC(Nc2cccc3cnccc23)CC1.